The fourth-order valence-corrected chi connectivity index (χ4v) is 3.06. The maximum absolute atomic E-state index is 14.1. The second kappa shape index (κ2) is 5.43. The van der Waals surface area contributed by atoms with E-state index in [9.17, 15) is 4.39 Å². The second-order valence-electron chi connectivity index (χ2n) is 5.44. The van der Waals surface area contributed by atoms with Crippen LogP contribution in [0.25, 0.3) is 16.3 Å². The molecule has 0 spiro atoms. The molecule has 0 aromatic heterocycles. The molecule has 3 aromatic rings. The molecule has 114 valence electrons. The van der Waals surface area contributed by atoms with Crippen molar-refractivity contribution in [2.45, 2.75) is 0 Å². The fourth-order valence-electron chi connectivity index (χ4n) is 3.06. The lowest BCUT2D eigenvalue weighted by Gasteiger charge is -2.21. The van der Waals surface area contributed by atoms with Crippen molar-refractivity contribution in [2.75, 3.05) is 13.7 Å². The molecule has 0 saturated heterocycles. The number of fused-ring (bicyclic) bond motifs is 3. The summed E-state index contributed by atoms with van der Waals surface area (Å²) in [5.74, 6) is 0.719. The standard InChI is InChI=1S/C20H15FO2/c1-22-18-8-7-14(12-17(18)21)16-10-11-23-19-9-6-13-4-2-3-5-15(13)20(16)19/h2-10,12H,11H2,1H3. The Balaban J connectivity index is 1.94. The van der Waals surface area contributed by atoms with E-state index in [1.807, 2.05) is 36.4 Å². The van der Waals surface area contributed by atoms with Gasteiger partial charge in [-0.2, -0.15) is 0 Å². The van der Waals surface area contributed by atoms with Crippen LogP contribution in [0.1, 0.15) is 11.1 Å². The first-order valence-corrected chi connectivity index (χ1v) is 7.47. The summed E-state index contributed by atoms with van der Waals surface area (Å²) in [7, 11) is 1.47. The third-order valence-electron chi connectivity index (χ3n) is 4.15. The molecule has 23 heavy (non-hydrogen) atoms. The van der Waals surface area contributed by atoms with Crippen molar-refractivity contribution in [3.63, 3.8) is 0 Å². The van der Waals surface area contributed by atoms with Crippen LogP contribution >= 0.6 is 0 Å². The van der Waals surface area contributed by atoms with Gasteiger partial charge in [0.2, 0.25) is 0 Å². The average Bonchev–Trinajstić information content (AvgIpc) is 2.61. The molecule has 0 aliphatic carbocycles. The molecule has 1 aliphatic heterocycles. The number of ether oxygens (including phenoxy) is 2. The highest BCUT2D eigenvalue weighted by molar-refractivity contribution is 6.00. The highest BCUT2D eigenvalue weighted by atomic mass is 19.1. The number of benzene rings is 3. The van der Waals surface area contributed by atoms with Crippen LogP contribution in [0.3, 0.4) is 0 Å². The smallest absolute Gasteiger partial charge is 0.165 e. The van der Waals surface area contributed by atoms with E-state index in [1.54, 1.807) is 6.07 Å². The summed E-state index contributed by atoms with van der Waals surface area (Å²) in [6, 6.07) is 17.2. The minimum Gasteiger partial charge on any atom is -0.494 e. The van der Waals surface area contributed by atoms with Gasteiger partial charge >= 0.3 is 0 Å². The molecular formula is C20H15FO2. The Kier molecular flexibility index (Phi) is 3.27. The van der Waals surface area contributed by atoms with Gasteiger partial charge in [-0.05, 0) is 46.2 Å². The van der Waals surface area contributed by atoms with E-state index in [1.165, 1.54) is 13.2 Å². The van der Waals surface area contributed by atoms with Gasteiger partial charge in [-0.15, -0.1) is 0 Å². The number of halogens is 1. The van der Waals surface area contributed by atoms with Crippen molar-refractivity contribution < 1.29 is 13.9 Å². The quantitative estimate of drug-likeness (QED) is 0.676. The maximum atomic E-state index is 14.1. The topological polar surface area (TPSA) is 18.5 Å². The van der Waals surface area contributed by atoms with Crippen LogP contribution in [-0.4, -0.2) is 13.7 Å². The zero-order chi connectivity index (χ0) is 15.8. The van der Waals surface area contributed by atoms with Crippen LogP contribution in [0.15, 0.2) is 60.7 Å². The molecule has 0 saturated carbocycles. The van der Waals surface area contributed by atoms with Gasteiger partial charge in [-0.3, -0.25) is 0 Å². The molecule has 3 heteroatoms. The summed E-state index contributed by atoms with van der Waals surface area (Å²) in [5, 5.41) is 2.24. The zero-order valence-electron chi connectivity index (χ0n) is 12.7. The van der Waals surface area contributed by atoms with Crippen molar-refractivity contribution in [3.05, 3.63) is 77.6 Å². The van der Waals surface area contributed by atoms with Gasteiger partial charge in [-0.25, -0.2) is 4.39 Å². The Morgan fingerprint density at radius 2 is 1.91 bits per heavy atom. The highest BCUT2D eigenvalue weighted by Crippen LogP contribution is 2.40. The Morgan fingerprint density at radius 1 is 1.04 bits per heavy atom. The number of hydrogen-bond acceptors (Lipinski definition) is 2. The third kappa shape index (κ3) is 2.25. The molecule has 0 amide bonds. The lowest BCUT2D eigenvalue weighted by Crippen LogP contribution is -2.06. The van der Waals surface area contributed by atoms with Gasteiger partial charge in [0.1, 0.15) is 12.4 Å². The van der Waals surface area contributed by atoms with Crippen LogP contribution in [-0.2, 0) is 0 Å². The highest BCUT2D eigenvalue weighted by Gasteiger charge is 2.19. The van der Waals surface area contributed by atoms with Gasteiger partial charge in [-0.1, -0.05) is 36.4 Å². The van der Waals surface area contributed by atoms with Gasteiger partial charge < -0.3 is 9.47 Å². The van der Waals surface area contributed by atoms with Crippen LogP contribution < -0.4 is 9.47 Å². The molecule has 0 fully saturated rings. The minimum atomic E-state index is -0.362. The van der Waals surface area contributed by atoms with Crippen LogP contribution in [0.5, 0.6) is 11.5 Å². The molecule has 0 unspecified atom stereocenters. The third-order valence-corrected chi connectivity index (χ3v) is 4.15. The minimum absolute atomic E-state index is 0.250. The predicted octanol–water partition coefficient (Wildman–Crippen LogP) is 4.81. The summed E-state index contributed by atoms with van der Waals surface area (Å²) < 4.78 is 24.9. The SMILES string of the molecule is COc1ccc(C2=CCOc3ccc4ccccc4c32)cc1F. The van der Waals surface area contributed by atoms with Crippen molar-refractivity contribution in [3.8, 4) is 11.5 Å². The predicted molar refractivity (Wildman–Crippen MR) is 89.5 cm³/mol. The van der Waals surface area contributed by atoms with Gasteiger partial charge in [0.15, 0.2) is 11.6 Å². The second-order valence-corrected chi connectivity index (χ2v) is 5.44. The molecule has 0 atom stereocenters. The molecule has 3 aromatic carbocycles. The summed E-state index contributed by atoms with van der Waals surface area (Å²) in [4.78, 5) is 0. The van der Waals surface area contributed by atoms with Crippen molar-refractivity contribution in [1.82, 2.24) is 0 Å². The number of methoxy groups -OCH3 is 1. The summed E-state index contributed by atoms with van der Waals surface area (Å²) in [5.41, 5.74) is 2.83. The molecule has 0 N–H and O–H groups in total. The lowest BCUT2D eigenvalue weighted by atomic mass is 9.91. The molecule has 2 nitrogen and oxygen atoms in total. The van der Waals surface area contributed by atoms with Gasteiger partial charge in [0, 0.05) is 5.56 Å². The van der Waals surface area contributed by atoms with E-state index >= 15 is 0 Å². The first kappa shape index (κ1) is 13.8. The van der Waals surface area contributed by atoms with Crippen LogP contribution in [0.2, 0.25) is 0 Å². The zero-order valence-corrected chi connectivity index (χ0v) is 12.7. The van der Waals surface area contributed by atoms with E-state index in [2.05, 4.69) is 12.1 Å². The fraction of sp³-hybridized carbons (Fsp3) is 0.100. The van der Waals surface area contributed by atoms with Crippen LogP contribution in [0.4, 0.5) is 4.39 Å². The van der Waals surface area contributed by atoms with E-state index < -0.39 is 0 Å². The largest absolute Gasteiger partial charge is 0.494 e. The van der Waals surface area contributed by atoms with Crippen LogP contribution in [0, 0.1) is 5.82 Å². The average molecular weight is 306 g/mol. The molecule has 0 radical (unpaired) electrons. The molecule has 1 aliphatic rings. The first-order valence-electron chi connectivity index (χ1n) is 7.47. The Bertz CT molecular complexity index is 928. The molecule has 0 bridgehead atoms. The summed E-state index contributed by atoms with van der Waals surface area (Å²) in [6.07, 6.45) is 2.00. The Hall–Kier alpha value is -2.81. The lowest BCUT2D eigenvalue weighted by molar-refractivity contribution is 0.358. The monoisotopic (exact) mass is 306 g/mol. The van der Waals surface area contributed by atoms with E-state index in [0.717, 1.165) is 33.2 Å². The normalized spacial score (nSPS) is 13.2. The Morgan fingerprint density at radius 3 is 2.74 bits per heavy atom. The van der Waals surface area contributed by atoms with E-state index in [-0.39, 0.29) is 11.6 Å². The summed E-state index contributed by atoms with van der Waals surface area (Å²) in [6.45, 7) is 0.480. The maximum Gasteiger partial charge on any atom is 0.165 e. The van der Waals surface area contributed by atoms with Crippen molar-refractivity contribution >= 4 is 16.3 Å². The van der Waals surface area contributed by atoms with Crippen molar-refractivity contribution in [1.29, 1.82) is 0 Å². The molecule has 1 heterocycles. The summed E-state index contributed by atoms with van der Waals surface area (Å²) >= 11 is 0. The van der Waals surface area contributed by atoms with Crippen molar-refractivity contribution in [2.24, 2.45) is 0 Å². The molecule has 4 rings (SSSR count). The Labute approximate surface area is 133 Å². The van der Waals surface area contributed by atoms with E-state index in [4.69, 9.17) is 9.47 Å². The van der Waals surface area contributed by atoms with Gasteiger partial charge in [0.25, 0.3) is 0 Å². The van der Waals surface area contributed by atoms with E-state index in [0.29, 0.717) is 6.61 Å². The number of hydrogen-bond donors (Lipinski definition) is 0. The molecular weight excluding hydrogens is 291 g/mol. The number of rotatable bonds is 2. The van der Waals surface area contributed by atoms with Gasteiger partial charge in [0.05, 0.1) is 7.11 Å². The first-order chi connectivity index (χ1) is 11.3.